The van der Waals surface area contributed by atoms with Crippen LogP contribution in [-0.4, -0.2) is 29.3 Å². The lowest BCUT2D eigenvalue weighted by molar-refractivity contribution is -0.131. The molecule has 2 aromatic carbocycles. The molecule has 1 saturated heterocycles. The average Bonchev–Trinajstić information content (AvgIpc) is 2.48. The highest BCUT2D eigenvalue weighted by atomic mass is 35.5. The van der Waals surface area contributed by atoms with Gasteiger partial charge in [0.15, 0.2) is 0 Å². The lowest BCUT2D eigenvalue weighted by atomic mass is 10.0. The van der Waals surface area contributed by atoms with E-state index in [1.54, 1.807) is 0 Å². The lowest BCUT2D eigenvalue weighted by Crippen LogP contribution is -2.39. The van der Waals surface area contributed by atoms with Gasteiger partial charge in [-0.05, 0) is 29.2 Å². The van der Waals surface area contributed by atoms with Crippen LogP contribution in [0.4, 0.5) is 0 Å². The number of fused-ring (bicyclic) bond motifs is 1. The van der Waals surface area contributed by atoms with Crippen molar-refractivity contribution >= 4 is 28.3 Å². The Bertz CT molecular complexity index is 612. The third kappa shape index (κ3) is 2.80. The Balaban J connectivity index is 1.77. The largest absolute Gasteiger partial charge is 0.342 e. The molecule has 0 N–H and O–H groups in total. The molecular weight excluding hydrogens is 270 g/mol. The molecule has 0 unspecified atom stereocenters. The predicted molar refractivity (Wildman–Crippen MR) is 83.1 cm³/mol. The highest BCUT2D eigenvalue weighted by Gasteiger charge is 2.21. The molecule has 0 radical (unpaired) electrons. The molecule has 3 rings (SSSR count). The molecule has 0 aliphatic carbocycles. The summed E-state index contributed by atoms with van der Waals surface area (Å²) in [6.07, 6.45) is 2.29. The first-order valence-electron chi connectivity index (χ1n) is 7.12. The first-order valence-corrected chi connectivity index (χ1v) is 7.56. The van der Waals surface area contributed by atoms with Gasteiger partial charge in [0.25, 0.3) is 0 Å². The zero-order chi connectivity index (χ0) is 13.9. The van der Waals surface area contributed by atoms with Crippen LogP contribution in [-0.2, 0) is 11.2 Å². The second-order valence-corrected chi connectivity index (χ2v) is 5.99. The highest BCUT2D eigenvalue weighted by molar-refractivity contribution is 6.20. The number of hydrogen-bond acceptors (Lipinski definition) is 1. The maximum Gasteiger partial charge on any atom is 0.227 e. The Morgan fingerprint density at radius 3 is 2.60 bits per heavy atom. The Labute approximate surface area is 124 Å². The number of amides is 1. The summed E-state index contributed by atoms with van der Waals surface area (Å²) in [5.74, 6) is 0.213. The minimum absolute atomic E-state index is 0.213. The first kappa shape index (κ1) is 13.4. The molecule has 104 valence electrons. The number of rotatable bonds is 2. The molecule has 0 aromatic heterocycles. The normalized spacial score (nSPS) is 16.6. The third-order valence-electron chi connectivity index (χ3n) is 4.00. The minimum atomic E-state index is 0.213. The summed E-state index contributed by atoms with van der Waals surface area (Å²) in [6.45, 7) is 1.58. The maximum atomic E-state index is 12.4. The number of nitrogens with zero attached hydrogens (tertiary/aromatic N) is 1. The van der Waals surface area contributed by atoms with Crippen LogP contribution >= 0.6 is 11.6 Å². The van der Waals surface area contributed by atoms with E-state index in [0.717, 1.165) is 31.5 Å². The number of benzene rings is 2. The summed E-state index contributed by atoms with van der Waals surface area (Å²) in [5, 5.41) is 2.60. The van der Waals surface area contributed by atoms with E-state index in [9.17, 15) is 4.79 Å². The first-order chi connectivity index (χ1) is 9.74. The van der Waals surface area contributed by atoms with Crippen molar-refractivity contribution in [3.63, 3.8) is 0 Å². The van der Waals surface area contributed by atoms with Crippen LogP contribution < -0.4 is 0 Å². The number of likely N-dealkylation sites (tertiary alicyclic amines) is 1. The van der Waals surface area contributed by atoms with Gasteiger partial charge in [-0.3, -0.25) is 4.79 Å². The molecule has 20 heavy (non-hydrogen) atoms. The Morgan fingerprint density at radius 1 is 1.10 bits per heavy atom. The van der Waals surface area contributed by atoms with Gasteiger partial charge < -0.3 is 4.90 Å². The molecule has 0 saturated carbocycles. The van der Waals surface area contributed by atoms with Crippen molar-refractivity contribution in [1.82, 2.24) is 4.90 Å². The molecule has 3 heteroatoms. The topological polar surface area (TPSA) is 20.3 Å². The second kappa shape index (κ2) is 5.84. The summed E-state index contributed by atoms with van der Waals surface area (Å²) in [5.41, 5.74) is 1.11. The van der Waals surface area contributed by atoms with Gasteiger partial charge in [0.2, 0.25) is 5.91 Å². The van der Waals surface area contributed by atoms with Crippen molar-refractivity contribution in [2.75, 3.05) is 13.1 Å². The molecule has 1 aliphatic heterocycles. The predicted octanol–water partition coefficient (Wildman–Crippen LogP) is 3.61. The summed E-state index contributed by atoms with van der Waals surface area (Å²) in [6, 6.07) is 14.4. The molecule has 1 amide bonds. The van der Waals surface area contributed by atoms with Gasteiger partial charge in [-0.25, -0.2) is 0 Å². The van der Waals surface area contributed by atoms with E-state index in [1.807, 2.05) is 23.1 Å². The molecule has 2 nitrogen and oxygen atoms in total. The van der Waals surface area contributed by atoms with Crippen LogP contribution in [0, 0.1) is 0 Å². The van der Waals surface area contributed by atoms with Crippen LogP contribution in [0.2, 0.25) is 0 Å². The molecule has 2 aromatic rings. The van der Waals surface area contributed by atoms with Crippen LogP contribution in [0.15, 0.2) is 42.5 Å². The molecule has 0 atom stereocenters. The van der Waals surface area contributed by atoms with E-state index in [2.05, 4.69) is 24.3 Å². The molecular formula is C17H18ClNO. The van der Waals surface area contributed by atoms with Gasteiger partial charge in [-0.1, -0.05) is 42.5 Å². The maximum absolute atomic E-state index is 12.4. The van der Waals surface area contributed by atoms with Crippen molar-refractivity contribution in [3.05, 3.63) is 48.0 Å². The van der Waals surface area contributed by atoms with Gasteiger partial charge in [0, 0.05) is 18.5 Å². The van der Waals surface area contributed by atoms with Crippen molar-refractivity contribution < 1.29 is 4.79 Å². The number of carbonyl (C=O) groups is 1. The fourth-order valence-corrected chi connectivity index (χ4v) is 3.01. The zero-order valence-corrected chi connectivity index (χ0v) is 12.1. The minimum Gasteiger partial charge on any atom is -0.342 e. The van der Waals surface area contributed by atoms with Crippen molar-refractivity contribution in [2.45, 2.75) is 24.6 Å². The van der Waals surface area contributed by atoms with Gasteiger partial charge in [0.05, 0.1) is 6.42 Å². The molecule has 0 spiro atoms. The van der Waals surface area contributed by atoms with Crippen LogP contribution in [0.3, 0.4) is 0 Å². The van der Waals surface area contributed by atoms with Crippen molar-refractivity contribution in [1.29, 1.82) is 0 Å². The number of piperidine rings is 1. The van der Waals surface area contributed by atoms with E-state index in [-0.39, 0.29) is 11.3 Å². The number of hydrogen-bond donors (Lipinski definition) is 0. The van der Waals surface area contributed by atoms with E-state index in [0.29, 0.717) is 6.42 Å². The number of alkyl halides is 1. The number of carbonyl (C=O) groups excluding carboxylic acids is 1. The SMILES string of the molecule is O=C(Cc1cccc2ccccc12)N1CCC(Cl)CC1. The number of halogens is 1. The smallest absolute Gasteiger partial charge is 0.227 e. The van der Waals surface area contributed by atoms with Gasteiger partial charge in [0.1, 0.15) is 0 Å². The summed E-state index contributed by atoms with van der Waals surface area (Å²) in [7, 11) is 0. The fourth-order valence-electron chi connectivity index (χ4n) is 2.82. The summed E-state index contributed by atoms with van der Waals surface area (Å²) in [4.78, 5) is 14.3. The second-order valence-electron chi connectivity index (χ2n) is 5.37. The Morgan fingerprint density at radius 2 is 1.80 bits per heavy atom. The Hall–Kier alpha value is -1.54. The van der Waals surface area contributed by atoms with E-state index in [1.165, 1.54) is 10.8 Å². The molecule has 0 bridgehead atoms. The van der Waals surface area contributed by atoms with E-state index < -0.39 is 0 Å². The third-order valence-corrected chi connectivity index (χ3v) is 4.44. The summed E-state index contributed by atoms with van der Waals surface area (Å²) < 4.78 is 0. The monoisotopic (exact) mass is 287 g/mol. The van der Waals surface area contributed by atoms with Crippen molar-refractivity contribution in [2.24, 2.45) is 0 Å². The van der Waals surface area contributed by atoms with Crippen LogP contribution in [0.25, 0.3) is 10.8 Å². The van der Waals surface area contributed by atoms with Gasteiger partial charge in [-0.15, -0.1) is 11.6 Å². The standard InChI is InChI=1S/C17H18ClNO/c18-15-8-10-19(11-9-15)17(20)12-14-6-3-5-13-4-1-2-7-16(13)14/h1-7,15H,8-12H2. The fraction of sp³-hybridized carbons (Fsp3) is 0.353. The van der Waals surface area contributed by atoms with Crippen molar-refractivity contribution in [3.8, 4) is 0 Å². The quantitative estimate of drug-likeness (QED) is 0.773. The summed E-state index contributed by atoms with van der Waals surface area (Å²) >= 11 is 6.09. The average molecular weight is 288 g/mol. The van der Waals surface area contributed by atoms with Gasteiger partial charge >= 0.3 is 0 Å². The molecule has 1 aliphatic rings. The lowest BCUT2D eigenvalue weighted by Gasteiger charge is -2.29. The molecule has 1 fully saturated rings. The van der Waals surface area contributed by atoms with E-state index in [4.69, 9.17) is 11.6 Å². The zero-order valence-electron chi connectivity index (χ0n) is 11.4. The van der Waals surface area contributed by atoms with E-state index >= 15 is 0 Å². The van der Waals surface area contributed by atoms with Gasteiger partial charge in [-0.2, -0.15) is 0 Å². The van der Waals surface area contributed by atoms with Crippen LogP contribution in [0.1, 0.15) is 18.4 Å². The molecule has 1 heterocycles. The highest BCUT2D eigenvalue weighted by Crippen LogP contribution is 2.21. The van der Waals surface area contributed by atoms with Crippen LogP contribution in [0.5, 0.6) is 0 Å². The Kier molecular flexibility index (Phi) is 3.93.